The molecule has 1 aromatic carbocycles. The van der Waals surface area contributed by atoms with Gasteiger partial charge >= 0.3 is 6.09 Å². The highest BCUT2D eigenvalue weighted by molar-refractivity contribution is 7.13. The van der Waals surface area contributed by atoms with Gasteiger partial charge in [-0.2, -0.15) is 0 Å². The molecular formula is C23H30N4O5S. The molecule has 1 aliphatic heterocycles. The molecule has 3 rings (SSSR count). The minimum absolute atomic E-state index is 0.0201. The van der Waals surface area contributed by atoms with Gasteiger partial charge in [0.1, 0.15) is 12.1 Å². The summed E-state index contributed by atoms with van der Waals surface area (Å²) < 4.78 is 0. The number of nitrogens with zero attached hydrogens (tertiary/aromatic N) is 2. The molecule has 4 N–H and O–H groups in total. The highest BCUT2D eigenvalue weighted by Gasteiger charge is 2.44. The van der Waals surface area contributed by atoms with E-state index in [0.717, 1.165) is 21.7 Å². The number of β-amino-alcohol motifs (C(OH)–C–C–N with tert-alkyl or cyclic N) is 1. The van der Waals surface area contributed by atoms with Crippen molar-refractivity contribution < 1.29 is 24.6 Å². The van der Waals surface area contributed by atoms with E-state index in [4.69, 9.17) is 5.11 Å². The van der Waals surface area contributed by atoms with Crippen molar-refractivity contribution in [2.24, 2.45) is 5.41 Å². The van der Waals surface area contributed by atoms with Crippen LogP contribution in [-0.4, -0.2) is 62.7 Å². The first kappa shape index (κ1) is 24.7. The van der Waals surface area contributed by atoms with Crippen LogP contribution in [0.2, 0.25) is 0 Å². The van der Waals surface area contributed by atoms with Crippen molar-refractivity contribution >= 4 is 29.2 Å². The lowest BCUT2D eigenvalue weighted by atomic mass is 9.85. The number of carbonyl (C=O) groups is 3. The fraction of sp³-hybridized carbons (Fsp3) is 0.478. The zero-order chi connectivity index (χ0) is 24.3. The van der Waals surface area contributed by atoms with E-state index in [9.17, 15) is 19.5 Å². The van der Waals surface area contributed by atoms with Gasteiger partial charge in [-0.05, 0) is 23.5 Å². The summed E-state index contributed by atoms with van der Waals surface area (Å²) in [6, 6.07) is 5.89. The van der Waals surface area contributed by atoms with Crippen LogP contribution in [0.25, 0.3) is 10.4 Å². The second-order valence-corrected chi connectivity index (χ2v) is 10.2. The third kappa shape index (κ3) is 5.88. The number of carboxylic acid groups (broad SMARTS) is 1. The Morgan fingerprint density at radius 2 is 1.91 bits per heavy atom. The van der Waals surface area contributed by atoms with Crippen LogP contribution in [-0.2, 0) is 16.1 Å². The summed E-state index contributed by atoms with van der Waals surface area (Å²) in [5.74, 6) is -0.906. The first-order valence-electron chi connectivity index (χ1n) is 10.7. The monoisotopic (exact) mass is 474 g/mol. The molecule has 3 atom stereocenters. The maximum Gasteiger partial charge on any atom is 0.405 e. The number of benzene rings is 1. The van der Waals surface area contributed by atoms with Gasteiger partial charge in [-0.15, -0.1) is 11.3 Å². The molecule has 0 bridgehead atoms. The number of carbonyl (C=O) groups excluding carboxylic acids is 2. The summed E-state index contributed by atoms with van der Waals surface area (Å²) in [4.78, 5) is 43.9. The molecule has 33 heavy (non-hydrogen) atoms. The van der Waals surface area contributed by atoms with Crippen LogP contribution in [0, 0.1) is 12.3 Å². The number of aliphatic hydroxyl groups is 1. The number of rotatable bonds is 6. The second kappa shape index (κ2) is 9.88. The Bertz CT molecular complexity index is 1010. The summed E-state index contributed by atoms with van der Waals surface area (Å²) in [6.07, 6.45) is -2.07. The van der Waals surface area contributed by atoms with E-state index in [2.05, 4.69) is 15.6 Å². The molecule has 178 valence electrons. The minimum Gasteiger partial charge on any atom is -0.465 e. The standard InChI is InChI=1S/C23H30N4O5S/c1-13-18(33-12-25-13)15-7-5-14(6-8-15)10-24-20(29)17-9-16(28)11-27(17)21(30)19(23(2,3)4)26-22(31)32/h5-8,12,16-17,19,26,28H,9-11H2,1-4H3,(H,24,29)(H,31,32)/t16-,17+,19-/m1/s1. The van der Waals surface area contributed by atoms with Gasteiger partial charge in [-0.25, -0.2) is 9.78 Å². The van der Waals surface area contributed by atoms with E-state index in [1.54, 1.807) is 37.6 Å². The van der Waals surface area contributed by atoms with Gasteiger partial charge in [-0.1, -0.05) is 45.0 Å². The van der Waals surface area contributed by atoms with E-state index >= 15 is 0 Å². The quantitative estimate of drug-likeness (QED) is 0.508. The van der Waals surface area contributed by atoms with E-state index in [0.29, 0.717) is 0 Å². The zero-order valence-electron chi connectivity index (χ0n) is 19.2. The number of aliphatic hydroxyl groups excluding tert-OH is 1. The van der Waals surface area contributed by atoms with Gasteiger partial charge in [0.25, 0.3) is 0 Å². The third-order valence-electron chi connectivity index (χ3n) is 5.67. The highest BCUT2D eigenvalue weighted by Crippen LogP contribution is 2.28. The molecule has 1 fully saturated rings. The van der Waals surface area contributed by atoms with Crippen molar-refractivity contribution in [3.8, 4) is 10.4 Å². The fourth-order valence-corrected chi connectivity index (χ4v) is 4.72. The first-order chi connectivity index (χ1) is 15.5. The molecule has 10 heteroatoms. The van der Waals surface area contributed by atoms with E-state index in [1.807, 2.05) is 31.2 Å². The number of thiazole rings is 1. The molecule has 0 saturated carbocycles. The summed E-state index contributed by atoms with van der Waals surface area (Å²) in [7, 11) is 0. The predicted molar refractivity (Wildman–Crippen MR) is 125 cm³/mol. The Morgan fingerprint density at radius 1 is 1.24 bits per heavy atom. The summed E-state index contributed by atoms with van der Waals surface area (Å²) >= 11 is 1.57. The van der Waals surface area contributed by atoms with Crippen LogP contribution in [0.5, 0.6) is 0 Å². The average molecular weight is 475 g/mol. The van der Waals surface area contributed by atoms with Gasteiger partial charge in [-0.3, -0.25) is 9.59 Å². The van der Waals surface area contributed by atoms with Crippen molar-refractivity contribution in [1.82, 2.24) is 20.5 Å². The van der Waals surface area contributed by atoms with Crippen LogP contribution in [0.1, 0.15) is 38.4 Å². The molecule has 0 spiro atoms. The predicted octanol–water partition coefficient (Wildman–Crippen LogP) is 2.38. The highest BCUT2D eigenvalue weighted by atomic mass is 32.1. The molecule has 2 aromatic rings. The van der Waals surface area contributed by atoms with E-state index in [1.165, 1.54) is 4.90 Å². The lowest BCUT2D eigenvalue weighted by molar-refractivity contribution is -0.142. The van der Waals surface area contributed by atoms with Crippen molar-refractivity contribution in [3.05, 3.63) is 41.0 Å². The second-order valence-electron chi connectivity index (χ2n) is 9.33. The molecule has 2 heterocycles. The Hall–Kier alpha value is -2.98. The minimum atomic E-state index is -1.32. The molecule has 0 radical (unpaired) electrons. The summed E-state index contributed by atoms with van der Waals surface area (Å²) in [6.45, 7) is 7.43. The lowest BCUT2D eigenvalue weighted by Crippen LogP contribution is -2.57. The topological polar surface area (TPSA) is 132 Å². The number of aryl methyl sites for hydroxylation is 1. The lowest BCUT2D eigenvalue weighted by Gasteiger charge is -2.34. The van der Waals surface area contributed by atoms with Crippen molar-refractivity contribution in [2.45, 2.75) is 58.8 Å². The molecule has 3 amide bonds. The number of hydrogen-bond donors (Lipinski definition) is 4. The Kier molecular flexibility index (Phi) is 7.38. The maximum atomic E-state index is 13.1. The molecular weight excluding hydrogens is 444 g/mol. The van der Waals surface area contributed by atoms with Crippen LogP contribution >= 0.6 is 11.3 Å². The van der Waals surface area contributed by atoms with E-state index in [-0.39, 0.29) is 25.4 Å². The number of amides is 3. The van der Waals surface area contributed by atoms with E-state index < -0.39 is 35.6 Å². The molecule has 0 aliphatic carbocycles. The van der Waals surface area contributed by atoms with Crippen molar-refractivity contribution in [3.63, 3.8) is 0 Å². The number of hydrogen-bond acceptors (Lipinski definition) is 6. The van der Waals surface area contributed by atoms with Crippen LogP contribution < -0.4 is 10.6 Å². The number of aromatic nitrogens is 1. The SMILES string of the molecule is Cc1ncsc1-c1ccc(CNC(=O)[C@@H]2C[C@@H](O)CN2C(=O)[C@@H](NC(=O)O)C(C)(C)C)cc1. The Balaban J connectivity index is 1.67. The fourth-order valence-electron chi connectivity index (χ4n) is 3.90. The molecule has 9 nitrogen and oxygen atoms in total. The van der Waals surface area contributed by atoms with Gasteiger partial charge in [0.15, 0.2) is 0 Å². The van der Waals surface area contributed by atoms with Gasteiger partial charge in [0, 0.05) is 19.5 Å². The first-order valence-corrected chi connectivity index (χ1v) is 11.6. The summed E-state index contributed by atoms with van der Waals surface area (Å²) in [5, 5.41) is 24.4. The van der Waals surface area contributed by atoms with Crippen LogP contribution in [0.3, 0.4) is 0 Å². The van der Waals surface area contributed by atoms with Crippen molar-refractivity contribution in [1.29, 1.82) is 0 Å². The maximum absolute atomic E-state index is 13.1. The third-order valence-corrected chi connectivity index (χ3v) is 6.65. The normalized spacial score (nSPS) is 19.2. The summed E-state index contributed by atoms with van der Waals surface area (Å²) in [5.41, 5.74) is 4.02. The molecule has 1 aromatic heterocycles. The smallest absolute Gasteiger partial charge is 0.405 e. The largest absolute Gasteiger partial charge is 0.465 e. The Labute approximate surface area is 196 Å². The number of nitrogens with one attached hydrogen (secondary N) is 2. The van der Waals surface area contributed by atoms with Crippen molar-refractivity contribution in [2.75, 3.05) is 6.54 Å². The zero-order valence-corrected chi connectivity index (χ0v) is 20.0. The molecule has 1 saturated heterocycles. The van der Waals surface area contributed by atoms with Crippen LogP contribution in [0.15, 0.2) is 29.8 Å². The average Bonchev–Trinajstić information content (AvgIpc) is 3.35. The van der Waals surface area contributed by atoms with Gasteiger partial charge in [0.05, 0.1) is 22.2 Å². The van der Waals surface area contributed by atoms with Crippen LogP contribution in [0.4, 0.5) is 4.79 Å². The molecule has 1 aliphatic rings. The van der Waals surface area contributed by atoms with Gasteiger partial charge in [0.2, 0.25) is 11.8 Å². The number of likely N-dealkylation sites (tertiary alicyclic amines) is 1. The molecule has 0 unspecified atom stereocenters. The van der Waals surface area contributed by atoms with Gasteiger partial charge < -0.3 is 25.7 Å². The Morgan fingerprint density at radius 3 is 2.45 bits per heavy atom.